The normalized spacial score (nSPS) is 33.1. The first-order valence-corrected chi connectivity index (χ1v) is 5.86. The largest absolute Gasteiger partial charge is 0.394 e. The van der Waals surface area contributed by atoms with Crippen molar-refractivity contribution in [2.45, 2.75) is 24.5 Å². The third kappa shape index (κ3) is 1.94. The number of aliphatic hydroxyl groups is 3. The molecular formula is C11H14N4O4. The fourth-order valence-electron chi connectivity index (χ4n) is 2.22. The molecule has 0 spiro atoms. The van der Waals surface area contributed by atoms with Crippen molar-refractivity contribution < 1.29 is 20.1 Å². The van der Waals surface area contributed by atoms with Crippen molar-refractivity contribution in [1.29, 1.82) is 0 Å². The summed E-state index contributed by atoms with van der Waals surface area (Å²) in [6.07, 6.45) is 2.39. The van der Waals surface area contributed by atoms with Gasteiger partial charge in [-0.3, -0.25) is 0 Å². The lowest BCUT2D eigenvalue weighted by molar-refractivity contribution is -0.0203. The van der Waals surface area contributed by atoms with Crippen LogP contribution < -0.4 is 10.2 Å². The Balaban J connectivity index is 1.91. The molecule has 1 fully saturated rings. The van der Waals surface area contributed by atoms with Crippen molar-refractivity contribution in [3.05, 3.63) is 24.9 Å². The van der Waals surface area contributed by atoms with Crippen molar-refractivity contribution in [1.82, 2.24) is 9.97 Å². The minimum absolute atomic E-state index is 0.360. The van der Waals surface area contributed by atoms with Crippen LogP contribution in [-0.2, 0) is 4.74 Å². The fourth-order valence-corrected chi connectivity index (χ4v) is 2.22. The number of nitrogens with zero attached hydrogens (tertiary/aromatic N) is 3. The van der Waals surface area contributed by atoms with Crippen LogP contribution in [0.25, 0.3) is 0 Å². The van der Waals surface area contributed by atoms with Crippen molar-refractivity contribution in [3.8, 4) is 0 Å². The van der Waals surface area contributed by atoms with Gasteiger partial charge in [-0.25, -0.2) is 9.97 Å². The summed E-state index contributed by atoms with van der Waals surface area (Å²) in [4.78, 5) is 9.61. The van der Waals surface area contributed by atoms with Crippen LogP contribution in [0.5, 0.6) is 0 Å². The predicted molar refractivity (Wildman–Crippen MR) is 65.0 cm³/mol. The molecule has 102 valence electrons. The minimum atomic E-state index is -1.14. The zero-order valence-electron chi connectivity index (χ0n) is 9.92. The third-order valence-corrected chi connectivity index (χ3v) is 3.20. The van der Waals surface area contributed by atoms with Crippen LogP contribution in [0, 0.1) is 0 Å². The zero-order chi connectivity index (χ0) is 13.4. The minimum Gasteiger partial charge on any atom is -0.394 e. The van der Waals surface area contributed by atoms with E-state index < -0.39 is 24.5 Å². The first-order valence-electron chi connectivity index (χ1n) is 5.86. The summed E-state index contributed by atoms with van der Waals surface area (Å²) in [5, 5.41) is 31.8. The Bertz CT molecular complexity index is 497. The SMILES string of the molecule is OC[C@H]1OC(N2C=CNc3cncnc32)[C@H](O)[C@@H]1O. The van der Waals surface area contributed by atoms with Gasteiger partial charge < -0.3 is 30.3 Å². The van der Waals surface area contributed by atoms with Gasteiger partial charge in [0, 0.05) is 12.4 Å². The topological polar surface area (TPSA) is 111 Å². The quantitative estimate of drug-likeness (QED) is 0.518. The van der Waals surface area contributed by atoms with Crippen LogP contribution in [0.3, 0.4) is 0 Å². The zero-order valence-corrected chi connectivity index (χ0v) is 9.92. The monoisotopic (exact) mass is 266 g/mol. The van der Waals surface area contributed by atoms with Gasteiger partial charge >= 0.3 is 0 Å². The van der Waals surface area contributed by atoms with Gasteiger partial charge in [-0.1, -0.05) is 0 Å². The number of fused-ring (bicyclic) bond motifs is 1. The Kier molecular flexibility index (Phi) is 3.07. The molecule has 8 nitrogen and oxygen atoms in total. The second kappa shape index (κ2) is 4.74. The fraction of sp³-hybridized carbons (Fsp3) is 0.455. The van der Waals surface area contributed by atoms with Crippen molar-refractivity contribution in [2.75, 3.05) is 16.8 Å². The number of hydrogen-bond acceptors (Lipinski definition) is 8. The molecule has 3 rings (SSSR count). The van der Waals surface area contributed by atoms with Crippen LogP contribution in [-0.4, -0.2) is 56.4 Å². The number of rotatable bonds is 2. The number of ether oxygens (including phenoxy) is 1. The molecule has 0 saturated carbocycles. The van der Waals surface area contributed by atoms with E-state index in [1.54, 1.807) is 23.5 Å². The Morgan fingerprint density at radius 1 is 1.37 bits per heavy atom. The average molecular weight is 266 g/mol. The number of anilines is 2. The molecule has 8 heteroatoms. The van der Waals surface area contributed by atoms with E-state index in [4.69, 9.17) is 9.84 Å². The van der Waals surface area contributed by atoms with Crippen LogP contribution in [0.2, 0.25) is 0 Å². The summed E-state index contributed by atoms with van der Waals surface area (Å²) in [6.45, 7) is -0.360. The smallest absolute Gasteiger partial charge is 0.164 e. The molecule has 0 radical (unpaired) electrons. The number of aliphatic hydroxyl groups excluding tert-OH is 3. The van der Waals surface area contributed by atoms with Gasteiger partial charge in [-0.15, -0.1) is 0 Å². The van der Waals surface area contributed by atoms with Gasteiger partial charge in [0.25, 0.3) is 0 Å². The van der Waals surface area contributed by atoms with Crippen molar-refractivity contribution in [3.63, 3.8) is 0 Å². The highest BCUT2D eigenvalue weighted by Gasteiger charge is 2.45. The second-order valence-electron chi connectivity index (χ2n) is 4.36. The summed E-state index contributed by atoms with van der Waals surface area (Å²) in [5.74, 6) is 0.535. The van der Waals surface area contributed by atoms with Gasteiger partial charge in [0.1, 0.15) is 30.3 Å². The van der Waals surface area contributed by atoms with Crippen LogP contribution in [0.4, 0.5) is 11.5 Å². The Morgan fingerprint density at radius 2 is 2.21 bits per heavy atom. The molecule has 1 saturated heterocycles. The average Bonchev–Trinajstić information content (AvgIpc) is 2.74. The lowest BCUT2D eigenvalue weighted by Crippen LogP contribution is -2.43. The number of nitrogens with one attached hydrogen (secondary N) is 1. The van der Waals surface area contributed by atoms with E-state index in [0.29, 0.717) is 11.5 Å². The van der Waals surface area contributed by atoms with E-state index in [-0.39, 0.29) is 6.61 Å². The molecule has 2 aliphatic rings. The maximum Gasteiger partial charge on any atom is 0.164 e. The summed E-state index contributed by atoms with van der Waals surface area (Å²) >= 11 is 0. The maximum atomic E-state index is 10.0. The van der Waals surface area contributed by atoms with Gasteiger partial charge in [-0.2, -0.15) is 0 Å². The lowest BCUT2D eigenvalue weighted by atomic mass is 10.1. The van der Waals surface area contributed by atoms with E-state index in [9.17, 15) is 10.2 Å². The summed E-state index contributed by atoms with van der Waals surface area (Å²) < 4.78 is 5.47. The molecular weight excluding hydrogens is 252 g/mol. The van der Waals surface area contributed by atoms with Gasteiger partial charge in [0.2, 0.25) is 0 Å². The molecule has 0 bridgehead atoms. The van der Waals surface area contributed by atoms with Crippen LogP contribution in [0.1, 0.15) is 0 Å². The van der Waals surface area contributed by atoms with Gasteiger partial charge in [0.05, 0.1) is 12.8 Å². The molecule has 19 heavy (non-hydrogen) atoms. The van der Waals surface area contributed by atoms with Gasteiger partial charge in [-0.05, 0) is 0 Å². The lowest BCUT2D eigenvalue weighted by Gasteiger charge is -2.31. The highest BCUT2D eigenvalue weighted by molar-refractivity contribution is 5.69. The molecule has 2 aliphatic heterocycles. The molecule has 1 aromatic rings. The van der Waals surface area contributed by atoms with Crippen LogP contribution >= 0.6 is 0 Å². The van der Waals surface area contributed by atoms with E-state index >= 15 is 0 Å². The standard InChI is InChI=1S/C11H14N4O4/c16-4-7-8(17)9(18)11(19-7)15-2-1-13-6-3-12-5-14-10(6)15/h1-3,5,7-9,11,13,16-18H,4H2/t7-,8-,9-,11?/m1/s1. The molecule has 1 unspecified atom stereocenters. The second-order valence-corrected chi connectivity index (χ2v) is 4.36. The third-order valence-electron chi connectivity index (χ3n) is 3.20. The molecule has 0 aromatic carbocycles. The van der Waals surface area contributed by atoms with Crippen molar-refractivity contribution in [2.24, 2.45) is 0 Å². The highest BCUT2D eigenvalue weighted by Crippen LogP contribution is 2.32. The predicted octanol–water partition coefficient (Wildman–Crippen LogP) is -1.38. The number of aromatic nitrogens is 2. The molecule has 0 aliphatic carbocycles. The summed E-state index contributed by atoms with van der Waals surface area (Å²) in [6, 6.07) is 0. The van der Waals surface area contributed by atoms with Crippen molar-refractivity contribution >= 4 is 11.5 Å². The Morgan fingerprint density at radius 3 is 2.95 bits per heavy atom. The van der Waals surface area contributed by atoms with E-state index in [2.05, 4.69) is 15.3 Å². The van der Waals surface area contributed by atoms with Crippen LogP contribution in [0.15, 0.2) is 24.9 Å². The summed E-state index contributed by atoms with van der Waals surface area (Å²) in [5.41, 5.74) is 0.669. The Labute approximate surface area is 109 Å². The first kappa shape index (κ1) is 12.3. The summed E-state index contributed by atoms with van der Waals surface area (Å²) in [7, 11) is 0. The van der Waals surface area contributed by atoms with E-state index in [0.717, 1.165) is 0 Å². The highest BCUT2D eigenvalue weighted by atomic mass is 16.6. The van der Waals surface area contributed by atoms with E-state index in [1.165, 1.54) is 6.33 Å². The first-order chi connectivity index (χ1) is 9.22. The maximum absolute atomic E-state index is 10.0. The molecule has 0 amide bonds. The van der Waals surface area contributed by atoms with Gasteiger partial charge in [0.15, 0.2) is 12.0 Å². The molecule has 4 atom stereocenters. The molecule has 1 aromatic heterocycles. The Hall–Kier alpha value is -1.74. The number of hydrogen-bond donors (Lipinski definition) is 4. The van der Waals surface area contributed by atoms with E-state index in [1.807, 2.05) is 0 Å². The molecule has 4 N–H and O–H groups in total. The molecule has 3 heterocycles.